The van der Waals surface area contributed by atoms with Crippen LogP contribution in [0.2, 0.25) is 0 Å². The molecule has 1 aromatic heterocycles. The fourth-order valence-electron chi connectivity index (χ4n) is 1.71. The highest BCUT2D eigenvalue weighted by Gasteiger charge is 2.26. The minimum Gasteiger partial charge on any atom is -0.261 e. The lowest BCUT2D eigenvalue weighted by atomic mass is 9.92. The Morgan fingerprint density at radius 3 is 2.56 bits per heavy atom. The molecule has 1 heterocycles. The van der Waals surface area contributed by atoms with Crippen LogP contribution < -0.4 is 5.14 Å². The minimum atomic E-state index is -1.30. The number of rotatable bonds is 4. The van der Waals surface area contributed by atoms with E-state index in [2.05, 4.69) is 18.0 Å². The first-order valence-electron chi connectivity index (χ1n) is 5.42. The third-order valence-electron chi connectivity index (χ3n) is 2.85. The highest BCUT2D eigenvalue weighted by molar-refractivity contribution is 7.84. The second-order valence-corrected chi connectivity index (χ2v) is 6.60. The average molecular weight is 240 g/mol. The molecule has 4 heteroatoms. The normalized spacial score (nSPS) is 15.8. The summed E-state index contributed by atoms with van der Waals surface area (Å²) in [5.74, 6) is 0.315. The Hall–Kier alpha value is -0.740. The standard InChI is InChI=1S/C12H20N2OS/c1-9(7-12(3,4)16(13)15)11-6-5-10(2)14-8-11/h5-6,8-9H,7,13H2,1-4H3/t9-,16?/m1/s1. The number of aryl methyl sites for hydroxylation is 1. The van der Waals surface area contributed by atoms with Gasteiger partial charge in [0.15, 0.2) is 0 Å². The fraction of sp³-hybridized carbons (Fsp3) is 0.583. The Labute approximate surface area is 100 Å². The predicted molar refractivity (Wildman–Crippen MR) is 68.4 cm³/mol. The van der Waals surface area contributed by atoms with E-state index in [1.165, 1.54) is 5.56 Å². The molecule has 0 radical (unpaired) electrons. The summed E-state index contributed by atoms with van der Waals surface area (Å²) in [6.07, 6.45) is 2.68. The summed E-state index contributed by atoms with van der Waals surface area (Å²) in [5, 5.41) is 5.48. The quantitative estimate of drug-likeness (QED) is 0.878. The molecule has 0 aromatic carbocycles. The molecule has 0 fully saturated rings. The van der Waals surface area contributed by atoms with E-state index in [4.69, 9.17) is 5.14 Å². The zero-order valence-electron chi connectivity index (χ0n) is 10.4. The van der Waals surface area contributed by atoms with E-state index in [1.54, 1.807) is 0 Å². The molecule has 0 spiro atoms. The molecule has 0 bridgehead atoms. The highest BCUT2D eigenvalue weighted by Crippen LogP contribution is 2.27. The van der Waals surface area contributed by atoms with Crippen molar-refractivity contribution in [2.24, 2.45) is 5.14 Å². The van der Waals surface area contributed by atoms with Gasteiger partial charge in [0.25, 0.3) is 0 Å². The van der Waals surface area contributed by atoms with Crippen molar-refractivity contribution in [3.05, 3.63) is 29.6 Å². The van der Waals surface area contributed by atoms with E-state index >= 15 is 0 Å². The van der Waals surface area contributed by atoms with Crippen LogP contribution in [-0.4, -0.2) is 13.9 Å². The van der Waals surface area contributed by atoms with Crippen molar-refractivity contribution in [1.29, 1.82) is 0 Å². The van der Waals surface area contributed by atoms with Crippen LogP contribution >= 0.6 is 0 Å². The molecule has 1 aromatic rings. The molecule has 3 nitrogen and oxygen atoms in total. The predicted octanol–water partition coefficient (Wildman–Crippen LogP) is 2.28. The molecule has 16 heavy (non-hydrogen) atoms. The summed E-state index contributed by atoms with van der Waals surface area (Å²) >= 11 is 0. The maximum Gasteiger partial charge on any atom is 0.0945 e. The molecule has 1 unspecified atom stereocenters. The van der Waals surface area contributed by atoms with Gasteiger partial charge in [-0.05, 0) is 44.7 Å². The molecule has 0 saturated heterocycles. The molecule has 0 saturated carbocycles. The first-order chi connectivity index (χ1) is 7.33. The lowest BCUT2D eigenvalue weighted by Gasteiger charge is -2.25. The smallest absolute Gasteiger partial charge is 0.0945 e. The summed E-state index contributed by atoms with van der Waals surface area (Å²) in [4.78, 5) is 4.27. The van der Waals surface area contributed by atoms with Gasteiger partial charge in [-0.2, -0.15) is 0 Å². The first kappa shape index (κ1) is 13.3. The molecule has 0 aliphatic carbocycles. The largest absolute Gasteiger partial charge is 0.261 e. The Morgan fingerprint density at radius 2 is 2.12 bits per heavy atom. The van der Waals surface area contributed by atoms with Gasteiger partial charge in [0.1, 0.15) is 0 Å². The average Bonchev–Trinajstić information content (AvgIpc) is 2.17. The fourth-order valence-corrected chi connectivity index (χ4v) is 2.12. The Balaban J connectivity index is 2.76. The summed E-state index contributed by atoms with van der Waals surface area (Å²) in [6, 6.07) is 4.07. The van der Waals surface area contributed by atoms with Gasteiger partial charge < -0.3 is 0 Å². The molecule has 0 aliphatic heterocycles. The van der Waals surface area contributed by atoms with Gasteiger partial charge in [0.2, 0.25) is 0 Å². The molecule has 1 rings (SSSR count). The number of hydrogen-bond acceptors (Lipinski definition) is 2. The van der Waals surface area contributed by atoms with Gasteiger partial charge in [0.05, 0.1) is 15.7 Å². The van der Waals surface area contributed by atoms with E-state index in [0.717, 1.165) is 12.1 Å². The van der Waals surface area contributed by atoms with Gasteiger partial charge in [-0.1, -0.05) is 13.0 Å². The molecule has 90 valence electrons. The van der Waals surface area contributed by atoms with Crippen LogP contribution in [0.25, 0.3) is 0 Å². The summed E-state index contributed by atoms with van der Waals surface area (Å²) in [6.45, 7) is 7.94. The monoisotopic (exact) mass is 240 g/mol. The molecular weight excluding hydrogens is 220 g/mol. The van der Waals surface area contributed by atoms with Crippen molar-refractivity contribution in [2.75, 3.05) is 0 Å². The van der Waals surface area contributed by atoms with Crippen molar-refractivity contribution in [2.45, 2.75) is 44.8 Å². The van der Waals surface area contributed by atoms with Gasteiger partial charge in [0, 0.05) is 11.9 Å². The summed E-state index contributed by atoms with van der Waals surface area (Å²) < 4.78 is 11.0. The van der Waals surface area contributed by atoms with Crippen molar-refractivity contribution in [3.8, 4) is 0 Å². The van der Waals surface area contributed by atoms with E-state index < -0.39 is 11.0 Å². The lowest BCUT2D eigenvalue weighted by molar-refractivity contribution is 0.539. The maximum atomic E-state index is 11.4. The Bertz CT molecular complexity index is 373. The number of nitrogens with two attached hydrogens (primary N) is 1. The van der Waals surface area contributed by atoms with Crippen LogP contribution in [0.3, 0.4) is 0 Å². The van der Waals surface area contributed by atoms with Crippen LogP contribution in [0.1, 0.15) is 44.4 Å². The van der Waals surface area contributed by atoms with Crippen LogP contribution in [0, 0.1) is 6.92 Å². The van der Waals surface area contributed by atoms with Crippen molar-refractivity contribution >= 4 is 11.0 Å². The highest BCUT2D eigenvalue weighted by atomic mass is 32.2. The number of aromatic nitrogens is 1. The zero-order chi connectivity index (χ0) is 12.3. The lowest BCUT2D eigenvalue weighted by Crippen LogP contribution is -2.33. The van der Waals surface area contributed by atoms with Gasteiger partial charge in [-0.15, -0.1) is 0 Å². The van der Waals surface area contributed by atoms with Crippen LogP contribution in [0.4, 0.5) is 0 Å². The molecule has 0 amide bonds. The Morgan fingerprint density at radius 1 is 1.50 bits per heavy atom. The van der Waals surface area contributed by atoms with Gasteiger partial charge in [-0.3, -0.25) is 10.1 Å². The van der Waals surface area contributed by atoms with E-state index in [9.17, 15) is 4.21 Å². The first-order valence-corrected chi connectivity index (χ1v) is 6.63. The maximum absolute atomic E-state index is 11.4. The summed E-state index contributed by atoms with van der Waals surface area (Å²) in [7, 11) is -1.30. The van der Waals surface area contributed by atoms with Crippen molar-refractivity contribution in [1.82, 2.24) is 4.98 Å². The molecular formula is C12H20N2OS. The van der Waals surface area contributed by atoms with Gasteiger partial charge in [-0.25, -0.2) is 4.21 Å². The molecule has 2 N–H and O–H groups in total. The third kappa shape index (κ3) is 3.39. The molecule has 2 atom stereocenters. The van der Waals surface area contributed by atoms with E-state index in [1.807, 2.05) is 33.0 Å². The second kappa shape index (κ2) is 5.06. The zero-order valence-corrected chi connectivity index (χ0v) is 11.2. The van der Waals surface area contributed by atoms with Crippen molar-refractivity contribution in [3.63, 3.8) is 0 Å². The van der Waals surface area contributed by atoms with Crippen LogP contribution in [0.15, 0.2) is 18.3 Å². The number of hydrogen-bond donors (Lipinski definition) is 1. The SMILES string of the molecule is Cc1ccc([C@H](C)CC(C)(C)S(N)=O)cn1. The second-order valence-electron chi connectivity index (χ2n) is 4.90. The van der Waals surface area contributed by atoms with E-state index in [0.29, 0.717) is 5.92 Å². The third-order valence-corrected chi connectivity index (χ3v) is 4.10. The number of pyridine rings is 1. The van der Waals surface area contributed by atoms with Gasteiger partial charge >= 0.3 is 0 Å². The minimum absolute atomic E-state index is 0.315. The van der Waals surface area contributed by atoms with Crippen molar-refractivity contribution < 1.29 is 4.21 Å². The van der Waals surface area contributed by atoms with Crippen LogP contribution in [0.5, 0.6) is 0 Å². The Kier molecular flexibility index (Phi) is 4.21. The molecule has 0 aliphatic rings. The summed E-state index contributed by atoms with van der Waals surface area (Å²) in [5.41, 5.74) is 2.18. The van der Waals surface area contributed by atoms with E-state index in [-0.39, 0.29) is 4.75 Å². The van der Waals surface area contributed by atoms with Crippen LogP contribution in [-0.2, 0) is 11.0 Å². The topological polar surface area (TPSA) is 56.0 Å². The number of nitrogens with zero attached hydrogens (tertiary/aromatic N) is 1.